The average Bonchev–Trinajstić information content (AvgIpc) is 3.30. The Kier molecular flexibility index (Phi) is 6.58. The van der Waals surface area contributed by atoms with E-state index in [1.54, 1.807) is 6.26 Å². The largest absolute Gasteiger partial charge is 0.468 e. The summed E-state index contributed by atoms with van der Waals surface area (Å²) < 4.78 is 5.70. The third kappa shape index (κ3) is 4.76. The van der Waals surface area contributed by atoms with E-state index in [1.165, 1.54) is 44.9 Å². The first-order valence-corrected chi connectivity index (χ1v) is 9.69. The quantitative estimate of drug-likeness (QED) is 0.620. The first kappa shape index (κ1) is 17.3. The van der Waals surface area contributed by atoms with Gasteiger partial charge in [0, 0.05) is 12.6 Å². The third-order valence-electron chi connectivity index (χ3n) is 5.17. The van der Waals surface area contributed by atoms with Crippen molar-refractivity contribution in [2.75, 3.05) is 26.2 Å². The molecule has 0 radical (unpaired) electrons. The topological polar surface area (TPSA) is 52.8 Å². The second-order valence-electron chi connectivity index (χ2n) is 6.97. The summed E-state index contributed by atoms with van der Waals surface area (Å²) >= 11 is 0. The van der Waals surface area contributed by atoms with Gasteiger partial charge in [-0.2, -0.15) is 0 Å². The second kappa shape index (κ2) is 9.11. The highest BCUT2D eigenvalue weighted by Gasteiger charge is 2.25. The zero-order valence-corrected chi connectivity index (χ0v) is 15.0. The van der Waals surface area contributed by atoms with Gasteiger partial charge < -0.3 is 15.1 Å². The highest BCUT2D eigenvalue weighted by atomic mass is 16.3. The molecule has 0 spiro atoms. The Morgan fingerprint density at radius 1 is 1.25 bits per heavy atom. The number of hydrogen-bond donors (Lipinski definition) is 2. The van der Waals surface area contributed by atoms with Crippen LogP contribution in [0.4, 0.5) is 0 Å². The van der Waals surface area contributed by atoms with Gasteiger partial charge in [-0.15, -0.1) is 0 Å². The van der Waals surface area contributed by atoms with Crippen molar-refractivity contribution in [3.8, 4) is 0 Å². The highest BCUT2D eigenvalue weighted by Crippen LogP contribution is 2.26. The van der Waals surface area contributed by atoms with Gasteiger partial charge in [-0.3, -0.25) is 9.89 Å². The van der Waals surface area contributed by atoms with Crippen LogP contribution in [0.1, 0.15) is 63.7 Å². The lowest BCUT2D eigenvalue weighted by Gasteiger charge is -2.27. The molecule has 5 heteroatoms. The SMILES string of the molecule is CCNC(=NCC(c1ccco1)N1CCCC1)NC1CCCCC1. The summed E-state index contributed by atoms with van der Waals surface area (Å²) in [6, 6.07) is 4.89. The molecule has 3 rings (SSSR count). The molecule has 1 aliphatic carbocycles. The van der Waals surface area contributed by atoms with E-state index in [9.17, 15) is 0 Å². The third-order valence-corrected chi connectivity index (χ3v) is 5.17. The molecule has 0 amide bonds. The number of rotatable bonds is 6. The van der Waals surface area contributed by atoms with Crippen molar-refractivity contribution in [3.05, 3.63) is 24.2 Å². The van der Waals surface area contributed by atoms with Crippen molar-refractivity contribution in [3.63, 3.8) is 0 Å². The maximum atomic E-state index is 5.70. The van der Waals surface area contributed by atoms with E-state index in [4.69, 9.17) is 9.41 Å². The predicted molar refractivity (Wildman–Crippen MR) is 98.2 cm³/mol. The molecule has 2 aliphatic rings. The van der Waals surface area contributed by atoms with Crippen LogP contribution in [-0.2, 0) is 0 Å². The van der Waals surface area contributed by atoms with Gasteiger partial charge in [0.05, 0.1) is 18.8 Å². The number of aliphatic imine (C=N–C) groups is 1. The summed E-state index contributed by atoms with van der Waals surface area (Å²) in [6.45, 7) is 6.06. The average molecular weight is 332 g/mol. The second-order valence-corrected chi connectivity index (χ2v) is 6.97. The van der Waals surface area contributed by atoms with Gasteiger partial charge in [-0.25, -0.2) is 0 Å². The van der Waals surface area contributed by atoms with Gasteiger partial charge in [-0.05, 0) is 57.8 Å². The van der Waals surface area contributed by atoms with E-state index >= 15 is 0 Å². The molecule has 0 bridgehead atoms. The number of nitrogens with zero attached hydrogens (tertiary/aromatic N) is 2. The summed E-state index contributed by atoms with van der Waals surface area (Å²) in [4.78, 5) is 7.41. The van der Waals surface area contributed by atoms with E-state index in [1.807, 2.05) is 6.07 Å². The first-order valence-electron chi connectivity index (χ1n) is 9.69. The van der Waals surface area contributed by atoms with Crippen molar-refractivity contribution in [2.45, 2.75) is 64.0 Å². The minimum absolute atomic E-state index is 0.254. The molecule has 1 aromatic rings. The van der Waals surface area contributed by atoms with Crippen molar-refractivity contribution < 1.29 is 4.42 Å². The Morgan fingerprint density at radius 2 is 2.04 bits per heavy atom. The van der Waals surface area contributed by atoms with E-state index in [-0.39, 0.29) is 6.04 Å². The molecule has 5 nitrogen and oxygen atoms in total. The molecule has 1 unspecified atom stereocenters. The van der Waals surface area contributed by atoms with Crippen LogP contribution < -0.4 is 10.6 Å². The van der Waals surface area contributed by atoms with Gasteiger partial charge in [0.25, 0.3) is 0 Å². The predicted octanol–water partition coefficient (Wildman–Crippen LogP) is 3.30. The summed E-state index contributed by atoms with van der Waals surface area (Å²) in [5.41, 5.74) is 0. The molecule has 1 saturated heterocycles. The lowest BCUT2D eigenvalue weighted by atomic mass is 9.96. The van der Waals surface area contributed by atoms with Crippen molar-refractivity contribution in [1.82, 2.24) is 15.5 Å². The summed E-state index contributed by atoms with van der Waals surface area (Å²) in [6.07, 6.45) is 10.9. The van der Waals surface area contributed by atoms with E-state index < -0.39 is 0 Å². The number of guanidine groups is 1. The van der Waals surface area contributed by atoms with Crippen LogP contribution in [0.2, 0.25) is 0 Å². The van der Waals surface area contributed by atoms with Gasteiger partial charge in [0.15, 0.2) is 5.96 Å². The van der Waals surface area contributed by atoms with Crippen LogP contribution in [0, 0.1) is 0 Å². The minimum atomic E-state index is 0.254. The standard InChI is InChI=1S/C19H32N4O/c1-2-20-19(22-16-9-4-3-5-10-16)21-15-17(18-11-8-14-24-18)23-12-6-7-13-23/h8,11,14,16-17H,2-7,9-10,12-13,15H2,1H3,(H2,20,21,22). The Morgan fingerprint density at radius 3 is 2.71 bits per heavy atom. The fourth-order valence-electron chi connectivity index (χ4n) is 3.86. The van der Waals surface area contributed by atoms with Crippen molar-refractivity contribution >= 4 is 5.96 Å². The molecule has 2 fully saturated rings. The highest BCUT2D eigenvalue weighted by molar-refractivity contribution is 5.80. The smallest absolute Gasteiger partial charge is 0.191 e. The summed E-state index contributed by atoms with van der Waals surface area (Å²) in [7, 11) is 0. The fourth-order valence-corrected chi connectivity index (χ4v) is 3.86. The van der Waals surface area contributed by atoms with Crippen LogP contribution >= 0.6 is 0 Å². The van der Waals surface area contributed by atoms with E-state index in [2.05, 4.69) is 28.5 Å². The lowest BCUT2D eigenvalue weighted by Crippen LogP contribution is -2.44. The van der Waals surface area contributed by atoms with E-state index in [0.717, 1.165) is 37.9 Å². The Labute approximate surface area is 145 Å². The Bertz CT molecular complexity index is 487. The van der Waals surface area contributed by atoms with Gasteiger partial charge >= 0.3 is 0 Å². The molecule has 1 aromatic heterocycles. The summed E-state index contributed by atoms with van der Waals surface area (Å²) in [5.74, 6) is 1.99. The number of hydrogen-bond acceptors (Lipinski definition) is 3. The number of likely N-dealkylation sites (tertiary alicyclic amines) is 1. The maximum Gasteiger partial charge on any atom is 0.191 e. The lowest BCUT2D eigenvalue weighted by molar-refractivity contribution is 0.221. The zero-order chi connectivity index (χ0) is 16.6. The summed E-state index contributed by atoms with van der Waals surface area (Å²) in [5, 5.41) is 7.05. The van der Waals surface area contributed by atoms with Gasteiger partial charge in [0.1, 0.15) is 5.76 Å². The molecule has 2 N–H and O–H groups in total. The first-order chi connectivity index (χ1) is 11.9. The zero-order valence-electron chi connectivity index (χ0n) is 15.0. The molecule has 2 heterocycles. The normalized spacial score (nSPS) is 21.8. The maximum absolute atomic E-state index is 5.70. The van der Waals surface area contributed by atoms with Crippen LogP contribution in [0.3, 0.4) is 0 Å². The molecular formula is C19H32N4O. The molecular weight excluding hydrogens is 300 g/mol. The molecule has 24 heavy (non-hydrogen) atoms. The minimum Gasteiger partial charge on any atom is -0.468 e. The Hall–Kier alpha value is -1.49. The van der Waals surface area contributed by atoms with Crippen LogP contribution in [0.25, 0.3) is 0 Å². The Balaban J connectivity index is 1.65. The van der Waals surface area contributed by atoms with Gasteiger partial charge in [0.2, 0.25) is 0 Å². The fraction of sp³-hybridized carbons (Fsp3) is 0.737. The van der Waals surface area contributed by atoms with Crippen molar-refractivity contribution in [1.29, 1.82) is 0 Å². The van der Waals surface area contributed by atoms with E-state index in [0.29, 0.717) is 6.04 Å². The molecule has 1 saturated carbocycles. The number of furan rings is 1. The molecule has 134 valence electrons. The molecule has 1 aliphatic heterocycles. The molecule has 0 aromatic carbocycles. The number of nitrogens with one attached hydrogen (secondary N) is 2. The van der Waals surface area contributed by atoms with Crippen LogP contribution in [0.15, 0.2) is 27.8 Å². The van der Waals surface area contributed by atoms with Crippen molar-refractivity contribution in [2.24, 2.45) is 4.99 Å². The van der Waals surface area contributed by atoms with Gasteiger partial charge in [-0.1, -0.05) is 19.3 Å². The molecule has 1 atom stereocenters. The van der Waals surface area contributed by atoms with Crippen LogP contribution in [0.5, 0.6) is 0 Å². The monoisotopic (exact) mass is 332 g/mol. The van der Waals surface area contributed by atoms with Crippen LogP contribution in [-0.4, -0.2) is 43.1 Å².